The summed E-state index contributed by atoms with van der Waals surface area (Å²) in [5, 5.41) is 13.8. The first-order chi connectivity index (χ1) is 36.6. The molecular formula is C55H66N12O9. The van der Waals surface area contributed by atoms with Crippen LogP contribution < -0.4 is 37.2 Å². The summed E-state index contributed by atoms with van der Waals surface area (Å²) in [5.74, 6) is -2.24. The number of anilines is 2. The summed E-state index contributed by atoms with van der Waals surface area (Å²) in [4.78, 5) is 120. The third-order valence-corrected chi connectivity index (χ3v) is 13.3. The summed E-state index contributed by atoms with van der Waals surface area (Å²) in [6.07, 6.45) is 10.1. The minimum Gasteiger partial charge on any atom is -0.445 e. The summed E-state index contributed by atoms with van der Waals surface area (Å²) in [5.41, 5.74) is 12.5. The Bertz CT molecular complexity index is 2810. The van der Waals surface area contributed by atoms with E-state index in [0.717, 1.165) is 44.2 Å². The number of nitrogens with one attached hydrogen (secondary N) is 5. The fraction of sp³-hybridized carbons (Fsp3) is 0.400. The van der Waals surface area contributed by atoms with Crippen molar-refractivity contribution in [2.75, 3.05) is 56.0 Å². The quantitative estimate of drug-likeness (QED) is 0.0382. The average Bonchev–Trinajstić information content (AvgIpc) is 3.98. The fourth-order valence-corrected chi connectivity index (χ4v) is 9.19. The third-order valence-electron chi connectivity index (χ3n) is 13.3. The molecule has 3 aliphatic heterocycles. The number of aliphatic imine (C=N–C) groups is 1. The highest BCUT2D eigenvalue weighted by Crippen LogP contribution is 2.39. The number of hydrogen-bond acceptors (Lipinski definition) is 13. The summed E-state index contributed by atoms with van der Waals surface area (Å²) in [6.45, 7) is 8.38. The van der Waals surface area contributed by atoms with Crippen molar-refractivity contribution in [2.24, 2.45) is 22.6 Å². The smallest absolute Gasteiger partial charge is 0.410 e. The van der Waals surface area contributed by atoms with Crippen molar-refractivity contribution in [3.63, 3.8) is 0 Å². The number of carbonyl (C=O) groups is 8. The minimum absolute atomic E-state index is 0.00131. The molecule has 5 heterocycles. The zero-order chi connectivity index (χ0) is 54.1. The van der Waals surface area contributed by atoms with Gasteiger partial charge in [0.15, 0.2) is 5.78 Å². The molecule has 0 radical (unpaired) electrons. The number of imide groups is 1. The summed E-state index contributed by atoms with van der Waals surface area (Å²) < 4.78 is 5.71. The number of fused-ring (bicyclic) bond motifs is 1. The summed E-state index contributed by atoms with van der Waals surface area (Å²) in [6, 6.07) is 16.9. The first-order valence-corrected chi connectivity index (χ1v) is 25.8. The standard InChI is InChI=1S/C55H66N12O9/c1-4-58-54(74)63-47-31-43-42(44-12-7-8-20-59-44)28-38(29-45(43)62-47)39-27-41(33-57-32-39)65-23-25-66(26-24-65)55(75)76-34-36-14-16-40(17-15-36)61-52(72)37(11-10-21-60-53(56)73)30-46(68)51(35(2)3)64-48(69)13-6-5-9-22-67-49(70)18-19-50(67)71/h7-8,12,14-20,27-29,32-33,35,37,51H,4-6,9-11,13,21-26,30-31,34H2,1-3H3,(H,61,72)(H,64,69)(H3,56,60,73)(H2,58,62,63,74)/t37-,51+/m1/s1. The van der Waals surface area contributed by atoms with Crippen LogP contribution in [-0.4, -0.2) is 125 Å². The van der Waals surface area contributed by atoms with E-state index in [1.807, 2.05) is 45.0 Å². The van der Waals surface area contributed by atoms with Crippen molar-refractivity contribution in [3.05, 3.63) is 103 Å². The monoisotopic (exact) mass is 1040 g/mol. The largest absolute Gasteiger partial charge is 0.445 e. The number of ketones is 1. The molecule has 0 saturated carbocycles. The van der Waals surface area contributed by atoms with Gasteiger partial charge >= 0.3 is 18.2 Å². The molecule has 9 amide bonds. The molecule has 7 N–H and O–H groups in total. The van der Waals surface area contributed by atoms with Gasteiger partial charge in [-0.2, -0.15) is 0 Å². The summed E-state index contributed by atoms with van der Waals surface area (Å²) in [7, 11) is 0. The molecule has 21 nitrogen and oxygen atoms in total. The van der Waals surface area contributed by atoms with Gasteiger partial charge in [0.05, 0.1) is 29.3 Å². The van der Waals surface area contributed by atoms with Crippen LogP contribution in [0, 0.1) is 11.8 Å². The first kappa shape index (κ1) is 55.3. The van der Waals surface area contributed by atoms with E-state index in [9.17, 15) is 38.4 Å². The highest BCUT2D eigenvalue weighted by atomic mass is 16.6. The van der Waals surface area contributed by atoms with E-state index < -0.39 is 30.0 Å². The maximum atomic E-state index is 13.7. The van der Waals surface area contributed by atoms with Crippen molar-refractivity contribution < 1.29 is 43.1 Å². The second-order valence-corrected chi connectivity index (χ2v) is 19.2. The van der Waals surface area contributed by atoms with Crippen molar-refractivity contribution in [1.29, 1.82) is 0 Å². The van der Waals surface area contributed by atoms with Crippen LogP contribution in [0.4, 0.5) is 31.4 Å². The fourth-order valence-electron chi connectivity index (χ4n) is 9.19. The van der Waals surface area contributed by atoms with Crippen molar-refractivity contribution in [1.82, 2.24) is 41.0 Å². The van der Waals surface area contributed by atoms with Gasteiger partial charge in [0.2, 0.25) is 11.8 Å². The van der Waals surface area contributed by atoms with Crippen LogP contribution >= 0.6 is 0 Å². The molecular weight excluding hydrogens is 973 g/mol. The van der Waals surface area contributed by atoms with E-state index in [2.05, 4.69) is 53.6 Å². The summed E-state index contributed by atoms with van der Waals surface area (Å²) >= 11 is 0. The molecule has 76 heavy (non-hydrogen) atoms. The molecule has 7 rings (SSSR count). The number of Topliss-reactive ketones (excluding diaryl/α,β-unsaturated/α-hetero) is 1. The van der Waals surface area contributed by atoms with Crippen LogP contribution in [0.5, 0.6) is 0 Å². The molecule has 0 bridgehead atoms. The Kier molecular flexibility index (Phi) is 19.4. The number of benzene rings is 2. The molecule has 21 heteroatoms. The van der Waals surface area contributed by atoms with Gasteiger partial charge in [-0.25, -0.2) is 19.4 Å². The number of hydrogen-bond donors (Lipinski definition) is 6. The maximum Gasteiger partial charge on any atom is 0.410 e. The Balaban J connectivity index is 0.889. The van der Waals surface area contributed by atoms with Gasteiger partial charge in [-0.3, -0.25) is 44.2 Å². The number of piperazine rings is 1. The Labute approximate surface area is 441 Å². The molecule has 4 aromatic rings. The predicted octanol–water partition coefficient (Wildman–Crippen LogP) is 5.76. The number of carbonyl (C=O) groups excluding carboxylic acids is 8. The highest BCUT2D eigenvalue weighted by Gasteiger charge is 2.31. The van der Waals surface area contributed by atoms with Crippen molar-refractivity contribution in [2.45, 2.75) is 84.8 Å². The number of nitrogens with zero attached hydrogens (tertiary/aromatic N) is 6. The van der Waals surface area contributed by atoms with Gasteiger partial charge in [-0.15, -0.1) is 0 Å². The topological polar surface area (TPSA) is 280 Å². The van der Waals surface area contributed by atoms with Gasteiger partial charge in [0, 0.05) is 112 Å². The van der Waals surface area contributed by atoms with Crippen LogP contribution in [0.1, 0.15) is 76.8 Å². The number of ether oxygens (including phenoxy) is 1. The third kappa shape index (κ3) is 15.3. The van der Waals surface area contributed by atoms with Gasteiger partial charge in [0.25, 0.3) is 11.8 Å². The van der Waals surface area contributed by atoms with E-state index >= 15 is 0 Å². The zero-order valence-electron chi connectivity index (χ0n) is 43.1. The Hall–Kier alpha value is -8.49. The van der Waals surface area contributed by atoms with Crippen molar-refractivity contribution >= 4 is 70.5 Å². The van der Waals surface area contributed by atoms with Gasteiger partial charge < -0.3 is 41.5 Å². The number of unbranched alkanes of at least 4 members (excludes halogenated alkanes) is 2. The molecule has 2 aromatic carbocycles. The second-order valence-electron chi connectivity index (χ2n) is 19.2. The normalized spacial score (nSPS) is 14.7. The molecule has 2 aromatic heterocycles. The number of amidine groups is 1. The number of pyridine rings is 2. The van der Waals surface area contributed by atoms with Gasteiger partial charge in [0.1, 0.15) is 12.4 Å². The molecule has 1 fully saturated rings. The molecule has 3 aliphatic rings. The molecule has 0 aliphatic carbocycles. The lowest BCUT2D eigenvalue weighted by atomic mass is 9.89. The molecule has 2 atom stereocenters. The maximum absolute atomic E-state index is 13.7. The van der Waals surface area contributed by atoms with Crippen LogP contribution in [0.25, 0.3) is 22.4 Å². The number of amides is 9. The lowest BCUT2D eigenvalue weighted by Gasteiger charge is -2.35. The Morgan fingerprint density at radius 1 is 0.829 bits per heavy atom. The van der Waals surface area contributed by atoms with E-state index in [-0.39, 0.29) is 74.4 Å². The van der Waals surface area contributed by atoms with Crippen LogP contribution in [0.3, 0.4) is 0 Å². The molecule has 0 spiro atoms. The number of primary amides is 1. The van der Waals surface area contributed by atoms with Crippen molar-refractivity contribution in [3.8, 4) is 22.4 Å². The lowest BCUT2D eigenvalue weighted by molar-refractivity contribution is -0.137. The van der Waals surface area contributed by atoms with Gasteiger partial charge in [-0.1, -0.05) is 38.5 Å². The second kappa shape index (κ2) is 26.6. The van der Waals surface area contributed by atoms with Crippen LogP contribution in [0.2, 0.25) is 0 Å². The number of urea groups is 2. The SMILES string of the molecule is CCNC(=O)NC1=Nc2cc(-c3cncc(N4CCN(C(=O)OCc5ccc(NC(=O)[C@H](CCCNC(N)=O)CC(=O)[C@@H](NC(=O)CCCCCN6C(=O)C=CC6=O)C(C)C)cc5)CC4)c3)cc(-c3ccccn3)c2C1. The lowest BCUT2D eigenvalue weighted by Crippen LogP contribution is -2.49. The van der Waals surface area contributed by atoms with E-state index in [1.54, 1.807) is 47.8 Å². The van der Waals surface area contributed by atoms with Crippen LogP contribution in [0.15, 0.2) is 96.4 Å². The van der Waals surface area contributed by atoms with E-state index in [4.69, 9.17) is 15.5 Å². The van der Waals surface area contributed by atoms with Crippen LogP contribution in [-0.2, 0) is 41.7 Å². The first-order valence-electron chi connectivity index (χ1n) is 25.8. The average molecular weight is 1040 g/mol. The Morgan fingerprint density at radius 2 is 1.59 bits per heavy atom. The number of rotatable bonds is 23. The molecule has 400 valence electrons. The predicted molar refractivity (Wildman–Crippen MR) is 286 cm³/mol. The highest BCUT2D eigenvalue weighted by molar-refractivity contribution is 6.13. The van der Waals surface area contributed by atoms with E-state index in [0.29, 0.717) is 81.9 Å². The van der Waals surface area contributed by atoms with E-state index in [1.165, 1.54) is 12.2 Å². The minimum atomic E-state index is -0.843. The molecule has 0 unspecified atom stereocenters. The molecule has 1 saturated heterocycles. The Morgan fingerprint density at radius 3 is 2.29 bits per heavy atom. The number of aromatic nitrogens is 2. The zero-order valence-corrected chi connectivity index (χ0v) is 43.1. The van der Waals surface area contributed by atoms with Gasteiger partial charge in [-0.05, 0) is 97.7 Å². The number of nitrogens with two attached hydrogens (primary N) is 1.